The van der Waals surface area contributed by atoms with E-state index in [4.69, 9.17) is 9.47 Å². The normalized spacial score (nSPS) is 16.1. The molecule has 8 heteroatoms. The van der Waals surface area contributed by atoms with Crippen molar-refractivity contribution in [1.82, 2.24) is 5.32 Å². The van der Waals surface area contributed by atoms with Crippen LogP contribution >= 0.6 is 0 Å². The van der Waals surface area contributed by atoms with E-state index in [1.54, 1.807) is 49.6 Å². The Morgan fingerprint density at radius 1 is 1.11 bits per heavy atom. The molecule has 0 radical (unpaired) electrons. The summed E-state index contributed by atoms with van der Waals surface area (Å²) in [5.41, 5.74) is 3.24. The number of ether oxygens (including phenoxy) is 2. The Hall–Kier alpha value is -3.52. The number of carbonyl (C=O) groups excluding carboxylic acids is 1. The lowest BCUT2D eigenvalue weighted by atomic mass is 10.0. The van der Waals surface area contributed by atoms with Gasteiger partial charge in [0.25, 0.3) is 15.9 Å². The third-order valence-electron chi connectivity index (χ3n) is 6.15. The number of hydrogen-bond acceptors (Lipinski definition) is 5. The summed E-state index contributed by atoms with van der Waals surface area (Å²) in [5, 5.41) is 3.05. The zero-order valence-corrected chi connectivity index (χ0v) is 21.1. The van der Waals surface area contributed by atoms with Gasteiger partial charge in [0, 0.05) is 0 Å². The average Bonchev–Trinajstić information content (AvgIpc) is 2.86. The highest BCUT2D eigenvalue weighted by Gasteiger charge is 2.38. The van der Waals surface area contributed by atoms with Crippen molar-refractivity contribution in [3.05, 3.63) is 83.4 Å². The van der Waals surface area contributed by atoms with E-state index in [2.05, 4.69) is 5.32 Å². The van der Waals surface area contributed by atoms with Gasteiger partial charge in [-0.15, -0.1) is 0 Å². The van der Waals surface area contributed by atoms with Crippen molar-refractivity contribution in [3.8, 4) is 11.5 Å². The number of hydrogen-bond donors (Lipinski definition) is 1. The number of anilines is 1. The molecule has 0 fully saturated rings. The number of benzene rings is 3. The number of nitrogens with zero attached hydrogens (tertiary/aromatic N) is 1. The Kier molecular flexibility index (Phi) is 7.03. The molecule has 184 valence electrons. The second kappa shape index (κ2) is 10.00. The van der Waals surface area contributed by atoms with Crippen LogP contribution in [0.5, 0.6) is 11.5 Å². The predicted octanol–water partition coefficient (Wildman–Crippen LogP) is 4.54. The molecule has 3 aromatic rings. The summed E-state index contributed by atoms with van der Waals surface area (Å²) < 4.78 is 39.7. The van der Waals surface area contributed by atoms with E-state index in [0.29, 0.717) is 17.9 Å². The molecule has 4 rings (SSSR count). The topological polar surface area (TPSA) is 84.9 Å². The van der Waals surface area contributed by atoms with Crippen LogP contribution in [0, 0.1) is 13.8 Å². The van der Waals surface area contributed by atoms with E-state index in [1.807, 2.05) is 45.0 Å². The van der Waals surface area contributed by atoms with Crippen molar-refractivity contribution < 1.29 is 22.7 Å². The van der Waals surface area contributed by atoms with Crippen LogP contribution in [-0.4, -0.2) is 34.1 Å². The molecule has 2 atom stereocenters. The summed E-state index contributed by atoms with van der Waals surface area (Å²) in [6.45, 7) is 5.70. The quantitative estimate of drug-likeness (QED) is 0.521. The predicted molar refractivity (Wildman–Crippen MR) is 135 cm³/mol. The molecular formula is C27H30N2O5S. The van der Waals surface area contributed by atoms with Gasteiger partial charge < -0.3 is 14.8 Å². The van der Waals surface area contributed by atoms with Gasteiger partial charge >= 0.3 is 0 Å². The molecule has 0 aromatic heterocycles. The molecule has 7 nitrogen and oxygen atoms in total. The van der Waals surface area contributed by atoms with Gasteiger partial charge in [0.1, 0.15) is 11.5 Å². The van der Waals surface area contributed by atoms with Gasteiger partial charge in [-0.2, -0.15) is 0 Å². The van der Waals surface area contributed by atoms with Crippen molar-refractivity contribution >= 4 is 21.6 Å². The minimum atomic E-state index is -3.89. The van der Waals surface area contributed by atoms with Crippen molar-refractivity contribution in [2.75, 3.05) is 18.0 Å². The van der Waals surface area contributed by atoms with Crippen LogP contribution in [0.2, 0.25) is 0 Å². The fraction of sp³-hybridized carbons (Fsp3) is 0.296. The highest BCUT2D eigenvalue weighted by Crippen LogP contribution is 2.38. The number of amides is 1. The molecule has 1 N–H and O–H groups in total. The van der Waals surface area contributed by atoms with Gasteiger partial charge in [-0.1, -0.05) is 43.3 Å². The van der Waals surface area contributed by atoms with Gasteiger partial charge in [-0.3, -0.25) is 9.10 Å². The Labute approximate surface area is 206 Å². The molecule has 0 saturated carbocycles. The van der Waals surface area contributed by atoms with Crippen LogP contribution < -0.4 is 19.1 Å². The fourth-order valence-corrected chi connectivity index (χ4v) is 5.75. The number of aryl methyl sites for hydroxylation is 2. The first-order valence-corrected chi connectivity index (χ1v) is 13.0. The number of rotatable bonds is 7. The largest absolute Gasteiger partial charge is 0.496 e. The summed E-state index contributed by atoms with van der Waals surface area (Å²) in [4.78, 5) is 13.5. The number of sulfonamides is 1. The average molecular weight is 495 g/mol. The maximum atomic E-state index is 13.5. The van der Waals surface area contributed by atoms with Gasteiger partial charge in [0.2, 0.25) is 0 Å². The molecular weight excluding hydrogens is 464 g/mol. The van der Waals surface area contributed by atoms with Gasteiger partial charge in [0.05, 0.1) is 30.3 Å². The molecule has 0 spiro atoms. The summed E-state index contributed by atoms with van der Waals surface area (Å²) in [6.07, 6.45) is -0.345. The third kappa shape index (κ3) is 4.98. The first-order valence-electron chi connectivity index (χ1n) is 11.5. The van der Waals surface area contributed by atoms with Gasteiger partial charge in [0.15, 0.2) is 6.10 Å². The third-order valence-corrected chi connectivity index (χ3v) is 7.95. The Morgan fingerprint density at radius 3 is 2.51 bits per heavy atom. The molecule has 1 heterocycles. The van der Waals surface area contributed by atoms with Crippen LogP contribution in [0.15, 0.2) is 71.6 Å². The van der Waals surface area contributed by atoms with E-state index in [1.165, 1.54) is 4.31 Å². The summed E-state index contributed by atoms with van der Waals surface area (Å²) in [5.74, 6) is 0.772. The standard InChI is InChI=1S/C27H30N2O5S/c1-5-22(20-12-14-24(33-4)19(3)16-20)28-27(30)26-17-29(23-13-11-18(2)15-25(23)34-26)35(31,32)21-9-7-6-8-10-21/h6-16,22,26H,5,17H2,1-4H3,(H,28,30)/t22-,26+/m0/s1. The maximum absolute atomic E-state index is 13.5. The van der Waals surface area contributed by atoms with E-state index in [0.717, 1.165) is 22.4 Å². The van der Waals surface area contributed by atoms with Crippen LogP contribution in [0.3, 0.4) is 0 Å². The molecule has 1 aliphatic rings. The van der Waals surface area contributed by atoms with Gasteiger partial charge in [-0.05, 0) is 67.3 Å². The molecule has 0 bridgehead atoms. The van der Waals surface area contributed by atoms with Gasteiger partial charge in [-0.25, -0.2) is 8.42 Å². The first-order chi connectivity index (χ1) is 16.7. The number of methoxy groups -OCH3 is 1. The molecule has 0 unspecified atom stereocenters. The summed E-state index contributed by atoms with van der Waals surface area (Å²) in [7, 11) is -2.27. The van der Waals surface area contributed by atoms with Crippen LogP contribution in [0.1, 0.15) is 36.1 Å². The lowest BCUT2D eigenvalue weighted by molar-refractivity contribution is -0.128. The number of fused-ring (bicyclic) bond motifs is 1. The van der Waals surface area contributed by atoms with E-state index < -0.39 is 16.1 Å². The number of nitrogens with one attached hydrogen (secondary N) is 1. The maximum Gasteiger partial charge on any atom is 0.264 e. The molecule has 3 aromatic carbocycles. The highest BCUT2D eigenvalue weighted by molar-refractivity contribution is 7.92. The second-order valence-electron chi connectivity index (χ2n) is 8.63. The van der Waals surface area contributed by atoms with E-state index in [9.17, 15) is 13.2 Å². The highest BCUT2D eigenvalue weighted by atomic mass is 32.2. The smallest absolute Gasteiger partial charge is 0.264 e. The zero-order valence-electron chi connectivity index (χ0n) is 20.3. The molecule has 35 heavy (non-hydrogen) atoms. The van der Waals surface area contributed by atoms with E-state index in [-0.39, 0.29) is 23.4 Å². The SMILES string of the molecule is CC[C@H](NC(=O)[C@H]1CN(S(=O)(=O)c2ccccc2)c2ccc(C)cc2O1)c1ccc(OC)c(C)c1. The van der Waals surface area contributed by atoms with Crippen LogP contribution in [-0.2, 0) is 14.8 Å². The first kappa shape index (κ1) is 24.6. The van der Waals surface area contributed by atoms with Crippen LogP contribution in [0.4, 0.5) is 5.69 Å². The molecule has 0 aliphatic carbocycles. The molecule has 1 aliphatic heterocycles. The zero-order chi connectivity index (χ0) is 25.2. The number of carbonyl (C=O) groups is 1. The molecule has 0 saturated heterocycles. The van der Waals surface area contributed by atoms with Crippen molar-refractivity contribution in [1.29, 1.82) is 0 Å². The van der Waals surface area contributed by atoms with Crippen LogP contribution in [0.25, 0.3) is 0 Å². The fourth-order valence-electron chi connectivity index (χ4n) is 4.25. The Morgan fingerprint density at radius 2 is 1.86 bits per heavy atom. The van der Waals surface area contributed by atoms with Crippen molar-refractivity contribution in [3.63, 3.8) is 0 Å². The minimum Gasteiger partial charge on any atom is -0.496 e. The Balaban J connectivity index is 1.63. The monoisotopic (exact) mass is 494 g/mol. The van der Waals surface area contributed by atoms with E-state index >= 15 is 0 Å². The molecule has 1 amide bonds. The summed E-state index contributed by atoms with van der Waals surface area (Å²) >= 11 is 0. The van der Waals surface area contributed by atoms with Crippen molar-refractivity contribution in [2.45, 2.75) is 44.2 Å². The Bertz CT molecular complexity index is 1320. The summed E-state index contributed by atoms with van der Waals surface area (Å²) in [6, 6.07) is 19.0. The minimum absolute atomic E-state index is 0.128. The lowest BCUT2D eigenvalue weighted by Gasteiger charge is -2.35. The second-order valence-corrected chi connectivity index (χ2v) is 10.5. The lowest BCUT2D eigenvalue weighted by Crippen LogP contribution is -2.51. The van der Waals surface area contributed by atoms with Crippen molar-refractivity contribution in [2.24, 2.45) is 0 Å².